The Morgan fingerprint density at radius 2 is 1.70 bits per heavy atom. The Morgan fingerprint density at radius 1 is 0.975 bits per heavy atom. The zero-order valence-corrected chi connectivity index (χ0v) is 23.3. The van der Waals surface area contributed by atoms with Gasteiger partial charge in [0.1, 0.15) is 4.83 Å². The first kappa shape index (κ1) is 26.9. The van der Waals surface area contributed by atoms with Crippen LogP contribution in [0, 0.1) is 11.3 Å². The molecular weight excluding hydrogens is 539 g/mol. The Kier molecular flexibility index (Phi) is 8.71. The second kappa shape index (κ2) is 12.9. The van der Waals surface area contributed by atoms with Crippen molar-refractivity contribution in [2.45, 2.75) is 19.8 Å². The van der Waals surface area contributed by atoms with Crippen molar-refractivity contribution in [3.8, 4) is 6.07 Å². The number of nitriles is 1. The molecule has 0 fully saturated rings. The molecule has 0 aliphatic carbocycles. The number of carbonyl (C=O) groups is 1. The van der Waals surface area contributed by atoms with E-state index in [9.17, 15) is 10.1 Å². The lowest BCUT2D eigenvalue weighted by Crippen LogP contribution is -2.06. The van der Waals surface area contributed by atoms with Gasteiger partial charge in [-0.15, -0.1) is 21.6 Å². The fourth-order valence-corrected chi connectivity index (χ4v) is 5.74. The molecule has 0 atom stereocenters. The molecule has 0 radical (unpaired) electrons. The topological polar surface area (TPSA) is 99.7 Å². The highest BCUT2D eigenvalue weighted by atomic mass is 32.1. The molecule has 0 amide bonds. The maximum Gasteiger partial charge on any atom is 0.338 e. The maximum absolute atomic E-state index is 12.1. The number of hydrogen-bond acceptors (Lipinski definition) is 9. The van der Waals surface area contributed by atoms with Crippen LogP contribution in [0.1, 0.15) is 40.6 Å². The van der Waals surface area contributed by atoms with Crippen LogP contribution in [0.3, 0.4) is 0 Å². The number of aromatic nitrogens is 1. The molecule has 0 aliphatic heterocycles. The van der Waals surface area contributed by atoms with Gasteiger partial charge in [0.2, 0.25) is 5.13 Å². The summed E-state index contributed by atoms with van der Waals surface area (Å²) in [5.41, 5.74) is 4.44. The van der Waals surface area contributed by atoms with Crippen LogP contribution in [0.5, 0.6) is 0 Å². The van der Waals surface area contributed by atoms with Gasteiger partial charge in [-0.2, -0.15) is 5.26 Å². The normalized spacial score (nSPS) is 11.6. The van der Waals surface area contributed by atoms with E-state index < -0.39 is 0 Å². The number of esters is 1. The average Bonchev–Trinajstić information content (AvgIpc) is 3.55. The molecule has 0 spiro atoms. The minimum Gasteiger partial charge on any atom is -0.462 e. The number of rotatable bonds is 10. The summed E-state index contributed by atoms with van der Waals surface area (Å²) in [7, 11) is 0. The van der Waals surface area contributed by atoms with Crippen LogP contribution in [-0.4, -0.2) is 17.6 Å². The molecule has 0 saturated carbocycles. The Bertz CT molecular complexity index is 1670. The summed E-state index contributed by atoms with van der Waals surface area (Å²) >= 11 is 2.94. The van der Waals surface area contributed by atoms with Crippen LogP contribution in [0.4, 0.5) is 22.2 Å². The molecule has 9 heteroatoms. The van der Waals surface area contributed by atoms with E-state index in [0.29, 0.717) is 22.9 Å². The third-order valence-electron chi connectivity index (χ3n) is 5.85. The van der Waals surface area contributed by atoms with Crippen molar-refractivity contribution in [2.24, 2.45) is 10.2 Å². The number of thiophene rings is 1. The molecule has 0 unspecified atom stereocenters. The largest absolute Gasteiger partial charge is 0.462 e. The number of benzene rings is 3. The standard InChI is InChI=1S/C31H25N5O2S2/c1-2-3-17-38-30(37)22-11-9-21(10-12-22)23(20-32)18-27-19-28-29(39-27)34-31(40-28)36-35-26-15-13-25(14-16-26)33-24-7-5-4-6-8-24/h4-16,18-19,33H,2-3,17H2,1H3/b23-18+,36-35+. The predicted molar refractivity (Wildman–Crippen MR) is 163 cm³/mol. The van der Waals surface area contributed by atoms with Crippen LogP contribution in [0.25, 0.3) is 21.2 Å². The second-order valence-corrected chi connectivity index (χ2v) is 10.9. The number of fused-ring (bicyclic) bond motifs is 1. The van der Waals surface area contributed by atoms with Gasteiger partial charge in [0.25, 0.3) is 0 Å². The van der Waals surface area contributed by atoms with Gasteiger partial charge >= 0.3 is 5.97 Å². The van der Waals surface area contributed by atoms with E-state index in [2.05, 4.69) is 26.6 Å². The number of nitrogens with zero attached hydrogens (tertiary/aromatic N) is 4. The van der Waals surface area contributed by atoms with E-state index in [-0.39, 0.29) is 5.97 Å². The minimum absolute atomic E-state index is 0.350. The summed E-state index contributed by atoms with van der Waals surface area (Å²) in [4.78, 5) is 18.5. The number of thiazole rings is 1. The van der Waals surface area contributed by atoms with Crippen molar-refractivity contribution in [3.05, 3.63) is 101 Å². The van der Waals surface area contributed by atoms with Gasteiger partial charge in [0.05, 0.1) is 34.2 Å². The van der Waals surface area contributed by atoms with Crippen molar-refractivity contribution in [1.29, 1.82) is 5.26 Å². The van der Waals surface area contributed by atoms with Gasteiger partial charge in [-0.1, -0.05) is 55.0 Å². The van der Waals surface area contributed by atoms with Gasteiger partial charge in [0.15, 0.2) is 0 Å². The van der Waals surface area contributed by atoms with E-state index in [0.717, 1.165) is 49.9 Å². The minimum atomic E-state index is -0.350. The third kappa shape index (κ3) is 6.86. The van der Waals surface area contributed by atoms with Gasteiger partial charge < -0.3 is 10.1 Å². The summed E-state index contributed by atoms with van der Waals surface area (Å²) in [6.07, 6.45) is 3.63. The smallest absolute Gasteiger partial charge is 0.338 e. The molecule has 0 aliphatic rings. The first-order valence-corrected chi connectivity index (χ1v) is 14.4. The first-order valence-electron chi connectivity index (χ1n) is 12.7. The van der Waals surface area contributed by atoms with Crippen LogP contribution >= 0.6 is 22.7 Å². The lowest BCUT2D eigenvalue weighted by Gasteiger charge is -2.05. The number of azo groups is 1. The fourth-order valence-electron chi connectivity index (χ4n) is 3.76. The van der Waals surface area contributed by atoms with Gasteiger partial charge in [-0.05, 0) is 72.7 Å². The Morgan fingerprint density at radius 3 is 2.40 bits per heavy atom. The lowest BCUT2D eigenvalue weighted by molar-refractivity contribution is 0.0499. The highest BCUT2D eigenvalue weighted by molar-refractivity contribution is 7.29. The zero-order chi connectivity index (χ0) is 27.7. The molecule has 198 valence electrons. The highest BCUT2D eigenvalue weighted by Gasteiger charge is 2.11. The Labute approximate surface area is 240 Å². The number of ether oxygens (including phenoxy) is 1. The molecular formula is C31H25N5O2S2. The molecule has 5 aromatic rings. The first-order chi connectivity index (χ1) is 19.6. The fraction of sp³-hybridized carbons (Fsp3) is 0.129. The summed E-state index contributed by atoms with van der Waals surface area (Å²) < 4.78 is 6.23. The van der Waals surface area contributed by atoms with Crippen molar-refractivity contribution in [3.63, 3.8) is 0 Å². The van der Waals surface area contributed by atoms with Crippen LogP contribution in [0.15, 0.2) is 95.2 Å². The molecule has 2 heterocycles. The molecule has 0 saturated heterocycles. The molecule has 0 bridgehead atoms. The summed E-state index contributed by atoms with van der Waals surface area (Å²) in [5, 5.41) is 22.3. The number of hydrogen-bond donors (Lipinski definition) is 1. The summed E-state index contributed by atoms with van der Waals surface area (Å²) in [6.45, 7) is 2.45. The number of nitrogens with one attached hydrogen (secondary N) is 1. The number of allylic oxidation sites excluding steroid dienone is 1. The molecule has 5 rings (SSSR count). The van der Waals surface area contributed by atoms with E-state index in [4.69, 9.17) is 4.74 Å². The van der Waals surface area contributed by atoms with Crippen molar-refractivity contribution >= 4 is 72.0 Å². The molecule has 7 nitrogen and oxygen atoms in total. The zero-order valence-electron chi connectivity index (χ0n) is 21.7. The van der Waals surface area contributed by atoms with Gasteiger partial charge in [-0.3, -0.25) is 0 Å². The summed E-state index contributed by atoms with van der Waals surface area (Å²) in [6, 6.07) is 28.9. The Balaban J connectivity index is 1.23. The van der Waals surface area contributed by atoms with E-state index in [1.807, 2.05) is 73.7 Å². The lowest BCUT2D eigenvalue weighted by atomic mass is 10.0. The average molecular weight is 564 g/mol. The van der Waals surface area contributed by atoms with Crippen molar-refractivity contribution < 1.29 is 9.53 Å². The van der Waals surface area contributed by atoms with Gasteiger partial charge in [0, 0.05) is 16.3 Å². The molecule has 3 aromatic carbocycles. The number of para-hydroxylation sites is 1. The molecule has 40 heavy (non-hydrogen) atoms. The van der Waals surface area contributed by atoms with Gasteiger partial charge in [-0.25, -0.2) is 9.78 Å². The van der Waals surface area contributed by atoms with Crippen molar-refractivity contribution in [1.82, 2.24) is 4.98 Å². The number of unbranched alkanes of at least 4 members (excludes halogenated alkanes) is 1. The van der Waals surface area contributed by atoms with Crippen LogP contribution in [0.2, 0.25) is 0 Å². The number of carbonyl (C=O) groups excluding carboxylic acids is 1. The molecule has 2 aromatic heterocycles. The monoisotopic (exact) mass is 563 g/mol. The predicted octanol–water partition coefficient (Wildman–Crippen LogP) is 9.54. The van der Waals surface area contributed by atoms with E-state index in [1.54, 1.807) is 24.3 Å². The van der Waals surface area contributed by atoms with Crippen molar-refractivity contribution in [2.75, 3.05) is 11.9 Å². The number of anilines is 2. The molecule has 1 N–H and O–H groups in total. The third-order valence-corrected chi connectivity index (χ3v) is 7.84. The SMILES string of the molecule is CCCCOC(=O)c1ccc(/C(C#N)=C/c2cc3sc(/N=N/c4ccc(Nc5ccccc5)cc4)nc3s2)cc1. The second-order valence-electron chi connectivity index (χ2n) is 8.79. The highest BCUT2D eigenvalue weighted by Crippen LogP contribution is 2.36. The van der Waals surface area contributed by atoms with Crippen LogP contribution < -0.4 is 5.32 Å². The quantitative estimate of drug-likeness (QED) is 0.0789. The van der Waals surface area contributed by atoms with E-state index >= 15 is 0 Å². The van der Waals surface area contributed by atoms with E-state index in [1.165, 1.54) is 22.7 Å². The Hall–Kier alpha value is -4.65. The van der Waals surface area contributed by atoms with Crippen LogP contribution in [-0.2, 0) is 4.74 Å². The maximum atomic E-state index is 12.1. The summed E-state index contributed by atoms with van der Waals surface area (Å²) in [5.74, 6) is -0.350.